The third kappa shape index (κ3) is 2.63. The lowest BCUT2D eigenvalue weighted by Crippen LogP contribution is -2.37. The van der Waals surface area contributed by atoms with Crippen LogP contribution in [0.4, 0.5) is 5.82 Å². The Morgan fingerprint density at radius 2 is 2.19 bits per heavy atom. The molecule has 0 bridgehead atoms. The van der Waals surface area contributed by atoms with E-state index in [0.717, 1.165) is 19.4 Å². The van der Waals surface area contributed by atoms with E-state index in [2.05, 4.69) is 21.1 Å². The third-order valence-electron chi connectivity index (χ3n) is 3.73. The smallest absolute Gasteiger partial charge is 0.266 e. The zero-order valence-corrected chi connectivity index (χ0v) is 11.5. The predicted molar refractivity (Wildman–Crippen MR) is 77.8 cm³/mol. The Balaban J connectivity index is 1.88. The molecular weight excluding hydrogens is 266 g/mol. The molecule has 6 heteroatoms. The van der Waals surface area contributed by atoms with E-state index in [1.54, 1.807) is 30.6 Å². The number of nitriles is 1. The summed E-state index contributed by atoms with van der Waals surface area (Å²) in [6.07, 6.45) is 5.29. The molecule has 0 amide bonds. The SMILES string of the molecule is N#Cc1cccnc1N1CCCC1Cn1ncccc1=O. The topological polar surface area (TPSA) is 74.8 Å². The van der Waals surface area contributed by atoms with Crippen LogP contribution in [0.2, 0.25) is 0 Å². The van der Waals surface area contributed by atoms with Crippen LogP contribution in [-0.4, -0.2) is 27.4 Å². The number of aromatic nitrogens is 3. The van der Waals surface area contributed by atoms with Crippen molar-refractivity contribution in [3.63, 3.8) is 0 Å². The highest BCUT2D eigenvalue weighted by molar-refractivity contribution is 5.54. The maximum Gasteiger partial charge on any atom is 0.266 e. The van der Waals surface area contributed by atoms with Crippen LogP contribution in [0.15, 0.2) is 41.5 Å². The van der Waals surface area contributed by atoms with Gasteiger partial charge < -0.3 is 4.90 Å². The average molecular weight is 281 g/mol. The minimum atomic E-state index is -0.106. The molecule has 2 aromatic heterocycles. The first-order valence-electron chi connectivity index (χ1n) is 6.93. The van der Waals surface area contributed by atoms with Crippen LogP contribution in [-0.2, 0) is 6.54 Å². The summed E-state index contributed by atoms with van der Waals surface area (Å²) in [5.41, 5.74) is 0.462. The van der Waals surface area contributed by atoms with Crippen LogP contribution in [0.25, 0.3) is 0 Å². The predicted octanol–water partition coefficient (Wildman–Crippen LogP) is 1.18. The van der Waals surface area contributed by atoms with Gasteiger partial charge in [0, 0.05) is 25.0 Å². The van der Waals surface area contributed by atoms with Crippen LogP contribution in [0.1, 0.15) is 18.4 Å². The minimum absolute atomic E-state index is 0.106. The molecule has 0 spiro atoms. The molecule has 0 aromatic carbocycles. The van der Waals surface area contributed by atoms with Gasteiger partial charge in [0.15, 0.2) is 0 Å². The van der Waals surface area contributed by atoms with E-state index < -0.39 is 0 Å². The molecule has 0 aliphatic carbocycles. The molecule has 1 fully saturated rings. The molecule has 1 atom stereocenters. The molecule has 0 N–H and O–H groups in total. The first-order chi connectivity index (χ1) is 10.3. The van der Waals surface area contributed by atoms with Gasteiger partial charge in [0.25, 0.3) is 5.56 Å². The Morgan fingerprint density at radius 1 is 1.33 bits per heavy atom. The van der Waals surface area contributed by atoms with Crippen LogP contribution >= 0.6 is 0 Å². The van der Waals surface area contributed by atoms with Crippen LogP contribution in [0, 0.1) is 11.3 Å². The summed E-state index contributed by atoms with van der Waals surface area (Å²) < 4.78 is 1.47. The largest absolute Gasteiger partial charge is 0.351 e. The van der Waals surface area contributed by atoms with Crippen molar-refractivity contribution in [2.75, 3.05) is 11.4 Å². The Kier molecular flexibility index (Phi) is 3.65. The molecular formula is C15H15N5O. The quantitative estimate of drug-likeness (QED) is 0.844. The summed E-state index contributed by atoms with van der Waals surface area (Å²) >= 11 is 0. The fraction of sp³-hybridized carbons (Fsp3) is 0.333. The first-order valence-corrected chi connectivity index (χ1v) is 6.93. The van der Waals surface area contributed by atoms with E-state index in [0.29, 0.717) is 17.9 Å². The van der Waals surface area contributed by atoms with Gasteiger partial charge in [-0.3, -0.25) is 4.79 Å². The number of hydrogen-bond acceptors (Lipinski definition) is 5. The van der Waals surface area contributed by atoms with Gasteiger partial charge in [-0.1, -0.05) is 0 Å². The lowest BCUT2D eigenvalue weighted by atomic mass is 10.2. The molecule has 1 aliphatic rings. The van der Waals surface area contributed by atoms with Crippen molar-refractivity contribution in [2.24, 2.45) is 0 Å². The fourth-order valence-corrected chi connectivity index (χ4v) is 2.74. The number of hydrogen-bond donors (Lipinski definition) is 0. The first kappa shape index (κ1) is 13.3. The second-order valence-corrected chi connectivity index (χ2v) is 5.02. The number of rotatable bonds is 3. The molecule has 0 saturated carbocycles. The molecule has 1 saturated heterocycles. The lowest BCUT2D eigenvalue weighted by Gasteiger charge is -2.26. The summed E-state index contributed by atoms with van der Waals surface area (Å²) in [5, 5.41) is 13.3. The van der Waals surface area contributed by atoms with Gasteiger partial charge in [0.1, 0.15) is 11.9 Å². The van der Waals surface area contributed by atoms with Crippen molar-refractivity contribution in [1.29, 1.82) is 5.26 Å². The van der Waals surface area contributed by atoms with Crippen molar-refractivity contribution in [3.05, 3.63) is 52.6 Å². The highest BCUT2D eigenvalue weighted by atomic mass is 16.1. The monoisotopic (exact) mass is 281 g/mol. The molecule has 1 unspecified atom stereocenters. The molecule has 3 rings (SSSR count). The Bertz CT molecular complexity index is 733. The second kappa shape index (κ2) is 5.75. The van der Waals surface area contributed by atoms with Crippen LogP contribution < -0.4 is 10.5 Å². The van der Waals surface area contributed by atoms with E-state index in [-0.39, 0.29) is 11.6 Å². The Morgan fingerprint density at radius 3 is 3.00 bits per heavy atom. The maximum absolute atomic E-state index is 11.8. The summed E-state index contributed by atoms with van der Waals surface area (Å²) in [6.45, 7) is 1.36. The van der Waals surface area contributed by atoms with E-state index in [1.165, 1.54) is 10.7 Å². The van der Waals surface area contributed by atoms with E-state index in [4.69, 9.17) is 0 Å². The Hall–Kier alpha value is -2.68. The molecule has 2 aromatic rings. The number of anilines is 1. The van der Waals surface area contributed by atoms with Crippen molar-refractivity contribution in [3.8, 4) is 6.07 Å². The summed E-state index contributed by atoms with van der Waals surface area (Å²) in [4.78, 5) is 18.2. The lowest BCUT2D eigenvalue weighted by molar-refractivity contribution is 0.487. The van der Waals surface area contributed by atoms with E-state index in [9.17, 15) is 10.1 Å². The summed E-state index contributed by atoms with van der Waals surface area (Å²) in [6, 6.07) is 8.99. The van der Waals surface area contributed by atoms with Gasteiger partial charge in [0.2, 0.25) is 0 Å². The molecule has 6 nitrogen and oxygen atoms in total. The standard InChI is InChI=1S/C15H15N5O/c16-10-12-4-1-7-17-15(12)19-9-3-5-13(19)11-20-14(21)6-2-8-18-20/h1-2,4,6-8,13H,3,5,9,11H2. The average Bonchev–Trinajstić information content (AvgIpc) is 2.97. The van der Waals surface area contributed by atoms with Crippen LogP contribution in [0.3, 0.4) is 0 Å². The zero-order chi connectivity index (χ0) is 14.7. The normalized spacial score (nSPS) is 17.7. The number of pyridine rings is 1. The van der Waals surface area contributed by atoms with Gasteiger partial charge in [0.05, 0.1) is 18.2 Å². The molecule has 21 heavy (non-hydrogen) atoms. The van der Waals surface area contributed by atoms with Gasteiger partial charge in [-0.05, 0) is 31.0 Å². The highest BCUT2D eigenvalue weighted by Crippen LogP contribution is 2.26. The van der Waals surface area contributed by atoms with Gasteiger partial charge >= 0.3 is 0 Å². The zero-order valence-electron chi connectivity index (χ0n) is 11.5. The molecule has 1 aliphatic heterocycles. The van der Waals surface area contributed by atoms with Gasteiger partial charge in [-0.25, -0.2) is 9.67 Å². The minimum Gasteiger partial charge on any atom is -0.351 e. The van der Waals surface area contributed by atoms with E-state index >= 15 is 0 Å². The number of nitrogens with zero attached hydrogens (tertiary/aromatic N) is 5. The van der Waals surface area contributed by atoms with Crippen molar-refractivity contribution >= 4 is 5.82 Å². The third-order valence-corrected chi connectivity index (χ3v) is 3.73. The van der Waals surface area contributed by atoms with Crippen molar-refractivity contribution in [1.82, 2.24) is 14.8 Å². The second-order valence-electron chi connectivity index (χ2n) is 5.02. The summed E-state index contributed by atoms with van der Waals surface area (Å²) in [7, 11) is 0. The summed E-state index contributed by atoms with van der Waals surface area (Å²) in [5.74, 6) is 0.700. The van der Waals surface area contributed by atoms with Gasteiger partial charge in [-0.2, -0.15) is 10.4 Å². The maximum atomic E-state index is 11.8. The van der Waals surface area contributed by atoms with E-state index in [1.807, 2.05) is 0 Å². The van der Waals surface area contributed by atoms with Gasteiger partial charge in [-0.15, -0.1) is 0 Å². The fourth-order valence-electron chi connectivity index (χ4n) is 2.74. The molecule has 0 radical (unpaired) electrons. The van der Waals surface area contributed by atoms with Crippen molar-refractivity contribution in [2.45, 2.75) is 25.4 Å². The van der Waals surface area contributed by atoms with Crippen LogP contribution in [0.5, 0.6) is 0 Å². The molecule has 106 valence electrons. The molecule has 3 heterocycles. The van der Waals surface area contributed by atoms with Crippen molar-refractivity contribution < 1.29 is 0 Å². The Labute approximate surface area is 122 Å². The highest BCUT2D eigenvalue weighted by Gasteiger charge is 2.28.